The SMILES string of the molecule is [Pt].c1ccc2c(c1)ccc1ccccc12. The van der Waals surface area contributed by atoms with Crippen LogP contribution in [0.5, 0.6) is 0 Å². The molecule has 0 atom stereocenters. The first-order valence-electron chi connectivity index (χ1n) is 4.82. The predicted molar refractivity (Wildman–Crippen MR) is 61.5 cm³/mol. The molecular formula is C14H10Pt. The molecule has 0 aliphatic carbocycles. The average Bonchev–Trinajstić information content (AvgIpc) is 2.29. The standard InChI is InChI=1S/C14H10.Pt/c1-3-7-13-11(5-1)9-10-12-6-2-4-8-14(12)13;/h1-10H;. The Morgan fingerprint density at radius 2 is 0.867 bits per heavy atom. The van der Waals surface area contributed by atoms with Crippen LogP contribution in [-0.2, 0) is 21.1 Å². The summed E-state index contributed by atoms with van der Waals surface area (Å²) in [6.45, 7) is 0. The van der Waals surface area contributed by atoms with Crippen LogP contribution in [0, 0.1) is 0 Å². The second kappa shape index (κ2) is 4.16. The maximum absolute atomic E-state index is 2.18. The number of benzene rings is 3. The van der Waals surface area contributed by atoms with Crippen LogP contribution in [-0.4, -0.2) is 0 Å². The smallest absolute Gasteiger partial charge is 0 e. The Bertz CT molecular complexity index is 544. The summed E-state index contributed by atoms with van der Waals surface area (Å²) in [5.74, 6) is 0. The summed E-state index contributed by atoms with van der Waals surface area (Å²) in [6, 6.07) is 21.4. The van der Waals surface area contributed by atoms with Crippen LogP contribution in [0.1, 0.15) is 0 Å². The van der Waals surface area contributed by atoms with Crippen LogP contribution in [0.15, 0.2) is 60.7 Å². The van der Waals surface area contributed by atoms with Crippen molar-refractivity contribution >= 4 is 21.5 Å². The Kier molecular flexibility index (Phi) is 2.88. The zero-order chi connectivity index (χ0) is 9.38. The van der Waals surface area contributed by atoms with E-state index in [4.69, 9.17) is 0 Å². The van der Waals surface area contributed by atoms with Crippen molar-refractivity contribution in [3.63, 3.8) is 0 Å². The van der Waals surface area contributed by atoms with Crippen molar-refractivity contribution in [1.29, 1.82) is 0 Å². The topological polar surface area (TPSA) is 0 Å². The molecule has 0 saturated carbocycles. The minimum absolute atomic E-state index is 0. The molecule has 0 amide bonds. The van der Waals surface area contributed by atoms with Crippen molar-refractivity contribution < 1.29 is 21.1 Å². The summed E-state index contributed by atoms with van der Waals surface area (Å²) < 4.78 is 0. The van der Waals surface area contributed by atoms with E-state index < -0.39 is 0 Å². The molecule has 0 fully saturated rings. The molecule has 0 aliphatic rings. The Morgan fingerprint density at radius 1 is 0.467 bits per heavy atom. The molecule has 0 N–H and O–H groups in total. The first kappa shape index (κ1) is 10.4. The van der Waals surface area contributed by atoms with Gasteiger partial charge in [-0.05, 0) is 21.5 Å². The van der Waals surface area contributed by atoms with Gasteiger partial charge in [-0.25, -0.2) is 0 Å². The number of hydrogen-bond acceptors (Lipinski definition) is 0. The number of hydrogen-bond donors (Lipinski definition) is 0. The van der Waals surface area contributed by atoms with Crippen LogP contribution in [0.3, 0.4) is 0 Å². The summed E-state index contributed by atoms with van der Waals surface area (Å²) in [5.41, 5.74) is 0. The minimum Gasteiger partial charge on any atom is -0.0616 e. The van der Waals surface area contributed by atoms with Crippen molar-refractivity contribution in [3.8, 4) is 0 Å². The van der Waals surface area contributed by atoms with Crippen molar-refractivity contribution in [1.82, 2.24) is 0 Å². The first-order valence-corrected chi connectivity index (χ1v) is 4.82. The quantitative estimate of drug-likeness (QED) is 0.523. The van der Waals surface area contributed by atoms with Gasteiger partial charge in [-0.2, -0.15) is 0 Å². The third kappa shape index (κ3) is 1.70. The fourth-order valence-corrected chi connectivity index (χ4v) is 1.95. The second-order valence-electron chi connectivity index (χ2n) is 3.51. The van der Waals surface area contributed by atoms with Gasteiger partial charge < -0.3 is 0 Å². The molecule has 0 aromatic heterocycles. The van der Waals surface area contributed by atoms with Gasteiger partial charge in [0.25, 0.3) is 0 Å². The van der Waals surface area contributed by atoms with E-state index in [0.717, 1.165) is 0 Å². The van der Waals surface area contributed by atoms with Gasteiger partial charge in [0, 0.05) is 21.1 Å². The Morgan fingerprint density at radius 3 is 1.33 bits per heavy atom. The van der Waals surface area contributed by atoms with Gasteiger partial charge in [-0.3, -0.25) is 0 Å². The first-order chi connectivity index (χ1) is 6.95. The van der Waals surface area contributed by atoms with E-state index in [1.54, 1.807) is 0 Å². The summed E-state index contributed by atoms with van der Waals surface area (Å²) in [5, 5.41) is 5.30. The summed E-state index contributed by atoms with van der Waals surface area (Å²) in [7, 11) is 0. The van der Waals surface area contributed by atoms with Crippen LogP contribution in [0.2, 0.25) is 0 Å². The summed E-state index contributed by atoms with van der Waals surface area (Å²) >= 11 is 0. The molecule has 3 rings (SSSR count). The van der Waals surface area contributed by atoms with Crippen LogP contribution >= 0.6 is 0 Å². The van der Waals surface area contributed by atoms with Crippen molar-refractivity contribution in [2.45, 2.75) is 0 Å². The van der Waals surface area contributed by atoms with E-state index >= 15 is 0 Å². The largest absolute Gasteiger partial charge is 0.0616 e. The van der Waals surface area contributed by atoms with E-state index in [0.29, 0.717) is 0 Å². The van der Waals surface area contributed by atoms with Crippen LogP contribution in [0.25, 0.3) is 21.5 Å². The predicted octanol–water partition coefficient (Wildman–Crippen LogP) is 3.99. The van der Waals surface area contributed by atoms with Gasteiger partial charge in [-0.15, -0.1) is 0 Å². The maximum atomic E-state index is 2.18. The molecular weight excluding hydrogens is 363 g/mol. The zero-order valence-electron chi connectivity index (χ0n) is 8.09. The molecule has 0 aliphatic heterocycles. The molecule has 15 heavy (non-hydrogen) atoms. The van der Waals surface area contributed by atoms with Crippen LogP contribution < -0.4 is 0 Å². The molecule has 1 heteroatoms. The molecule has 3 aromatic carbocycles. The molecule has 0 spiro atoms. The summed E-state index contributed by atoms with van der Waals surface area (Å²) in [6.07, 6.45) is 0. The third-order valence-corrected chi connectivity index (χ3v) is 2.65. The third-order valence-electron chi connectivity index (χ3n) is 2.65. The summed E-state index contributed by atoms with van der Waals surface area (Å²) in [4.78, 5) is 0. The Balaban J connectivity index is 0.000000853. The van der Waals surface area contributed by atoms with E-state index in [-0.39, 0.29) is 21.1 Å². The van der Waals surface area contributed by atoms with Gasteiger partial charge in [0.05, 0.1) is 0 Å². The number of rotatable bonds is 0. The monoisotopic (exact) mass is 373 g/mol. The zero-order valence-corrected chi connectivity index (χ0v) is 10.4. The van der Waals surface area contributed by atoms with Gasteiger partial charge in [-0.1, -0.05) is 60.7 Å². The van der Waals surface area contributed by atoms with Crippen molar-refractivity contribution in [2.75, 3.05) is 0 Å². The Hall–Kier alpha value is -1.13. The molecule has 76 valence electrons. The molecule has 0 radical (unpaired) electrons. The van der Waals surface area contributed by atoms with Crippen molar-refractivity contribution in [2.24, 2.45) is 0 Å². The van der Waals surface area contributed by atoms with Gasteiger partial charge in [0.2, 0.25) is 0 Å². The van der Waals surface area contributed by atoms with E-state index in [1.165, 1.54) is 21.5 Å². The molecule has 0 saturated heterocycles. The number of fused-ring (bicyclic) bond motifs is 3. The van der Waals surface area contributed by atoms with E-state index in [2.05, 4.69) is 60.7 Å². The fraction of sp³-hybridized carbons (Fsp3) is 0. The molecule has 0 nitrogen and oxygen atoms in total. The normalized spacial score (nSPS) is 10.1. The van der Waals surface area contributed by atoms with Gasteiger partial charge in [0.15, 0.2) is 0 Å². The molecule has 0 heterocycles. The second-order valence-corrected chi connectivity index (χ2v) is 3.51. The van der Waals surface area contributed by atoms with Crippen molar-refractivity contribution in [3.05, 3.63) is 60.7 Å². The minimum atomic E-state index is 0. The maximum Gasteiger partial charge on any atom is 0 e. The molecule has 0 bridgehead atoms. The molecule has 0 unspecified atom stereocenters. The molecule has 3 aromatic rings. The van der Waals surface area contributed by atoms with Gasteiger partial charge >= 0.3 is 0 Å². The van der Waals surface area contributed by atoms with E-state index in [1.807, 2.05) is 0 Å². The van der Waals surface area contributed by atoms with Gasteiger partial charge in [0.1, 0.15) is 0 Å². The fourth-order valence-electron chi connectivity index (χ4n) is 1.95. The van der Waals surface area contributed by atoms with Crippen LogP contribution in [0.4, 0.5) is 0 Å². The Labute approximate surface area is 103 Å². The average molecular weight is 373 g/mol. The van der Waals surface area contributed by atoms with E-state index in [9.17, 15) is 0 Å².